The highest BCUT2D eigenvalue weighted by molar-refractivity contribution is 5.95. The molecule has 0 aliphatic heterocycles. The van der Waals surface area contributed by atoms with E-state index in [1.807, 2.05) is 71.9 Å². The molecule has 2 rings (SSSR count). The molecular formula is C38H58N6O6. The zero-order chi connectivity index (χ0) is 37.7. The van der Waals surface area contributed by atoms with Gasteiger partial charge in [0.25, 0.3) is 0 Å². The second-order valence-corrected chi connectivity index (χ2v) is 14.5. The number of likely N-dealkylation sites (N-methyl/N-ethyl adjacent to an activating group) is 2. The number of hydrogen-bond acceptors (Lipinski definition) is 7. The number of nitrogens with one attached hydrogen (secondary N) is 2. The van der Waals surface area contributed by atoms with E-state index in [9.17, 15) is 29.1 Å². The molecule has 0 aromatic heterocycles. The van der Waals surface area contributed by atoms with E-state index in [-0.39, 0.29) is 42.8 Å². The number of aromatic hydroxyl groups is 1. The van der Waals surface area contributed by atoms with E-state index in [1.54, 1.807) is 19.2 Å². The summed E-state index contributed by atoms with van der Waals surface area (Å²) < 4.78 is 0. The van der Waals surface area contributed by atoms with Gasteiger partial charge in [-0.05, 0) is 66.7 Å². The van der Waals surface area contributed by atoms with Crippen LogP contribution in [0, 0.1) is 17.8 Å². The third kappa shape index (κ3) is 13.1. The molecule has 2 aromatic carbocycles. The predicted molar refractivity (Wildman–Crippen MR) is 194 cm³/mol. The van der Waals surface area contributed by atoms with E-state index in [0.717, 1.165) is 11.1 Å². The number of primary amides is 1. The number of phenols is 1. The van der Waals surface area contributed by atoms with Crippen LogP contribution in [0.4, 0.5) is 0 Å². The number of amides is 5. The van der Waals surface area contributed by atoms with Crippen LogP contribution in [0.25, 0.3) is 0 Å². The van der Waals surface area contributed by atoms with Gasteiger partial charge in [0.15, 0.2) is 0 Å². The lowest BCUT2D eigenvalue weighted by Crippen LogP contribution is -2.60. The molecule has 2 aromatic rings. The van der Waals surface area contributed by atoms with E-state index >= 15 is 0 Å². The van der Waals surface area contributed by atoms with Gasteiger partial charge in [0.1, 0.15) is 29.9 Å². The van der Waals surface area contributed by atoms with Crippen LogP contribution in [0.3, 0.4) is 0 Å². The SMILES string of the molecule is CC(C)C[C@H](NC(=O)[C@H](Cc1ccccc1)NC(=O)[C@H](CC(C)C)N(C)C(=O)[C@H](CC(C)C)N(C)C(=O)[C@@H](N)Cc1ccc(O)cc1)C(N)=O. The maximum absolute atomic E-state index is 14.3. The van der Waals surface area contributed by atoms with Gasteiger partial charge >= 0.3 is 0 Å². The third-order valence-electron chi connectivity index (χ3n) is 8.60. The molecular weight excluding hydrogens is 636 g/mol. The van der Waals surface area contributed by atoms with Gasteiger partial charge in [-0.1, -0.05) is 84.0 Å². The molecule has 7 N–H and O–H groups in total. The van der Waals surface area contributed by atoms with Crippen molar-refractivity contribution in [2.24, 2.45) is 29.2 Å². The van der Waals surface area contributed by atoms with Gasteiger partial charge < -0.3 is 37.0 Å². The van der Waals surface area contributed by atoms with Crippen molar-refractivity contribution in [2.45, 2.75) is 104 Å². The normalized spacial score (nSPS) is 14.4. The molecule has 12 heteroatoms. The largest absolute Gasteiger partial charge is 0.508 e. The summed E-state index contributed by atoms with van der Waals surface area (Å²) in [6, 6.07) is 10.8. The summed E-state index contributed by atoms with van der Waals surface area (Å²) in [4.78, 5) is 70.5. The first-order valence-electron chi connectivity index (χ1n) is 17.4. The smallest absolute Gasteiger partial charge is 0.245 e. The lowest BCUT2D eigenvalue weighted by molar-refractivity contribution is -0.149. The van der Waals surface area contributed by atoms with Crippen molar-refractivity contribution in [1.82, 2.24) is 20.4 Å². The van der Waals surface area contributed by atoms with Gasteiger partial charge in [-0.2, -0.15) is 0 Å². The molecule has 0 unspecified atom stereocenters. The highest BCUT2D eigenvalue weighted by atomic mass is 16.3. The molecule has 0 aliphatic carbocycles. The molecule has 0 spiro atoms. The summed E-state index contributed by atoms with van der Waals surface area (Å²) in [5.74, 6) is -2.42. The van der Waals surface area contributed by atoms with Crippen molar-refractivity contribution in [1.29, 1.82) is 0 Å². The molecule has 0 bridgehead atoms. The summed E-state index contributed by atoms with van der Waals surface area (Å²) in [5.41, 5.74) is 13.5. The monoisotopic (exact) mass is 694 g/mol. The van der Waals surface area contributed by atoms with Crippen molar-refractivity contribution in [2.75, 3.05) is 14.1 Å². The predicted octanol–water partition coefficient (Wildman–Crippen LogP) is 2.75. The third-order valence-corrected chi connectivity index (χ3v) is 8.60. The number of nitrogens with zero attached hydrogens (tertiary/aromatic N) is 2. The number of nitrogens with two attached hydrogens (primary N) is 2. The summed E-state index contributed by atoms with van der Waals surface area (Å²) in [6.07, 6.45) is 1.30. The Balaban J connectivity index is 2.37. The molecule has 0 fully saturated rings. The van der Waals surface area contributed by atoms with Crippen LogP contribution in [0.2, 0.25) is 0 Å². The van der Waals surface area contributed by atoms with E-state index in [4.69, 9.17) is 11.5 Å². The summed E-state index contributed by atoms with van der Waals surface area (Å²) >= 11 is 0. The number of benzene rings is 2. The Labute approximate surface area is 297 Å². The van der Waals surface area contributed by atoms with Crippen LogP contribution in [0.1, 0.15) is 71.9 Å². The van der Waals surface area contributed by atoms with Crippen molar-refractivity contribution < 1.29 is 29.1 Å². The lowest BCUT2D eigenvalue weighted by atomic mass is 9.96. The first-order valence-corrected chi connectivity index (χ1v) is 17.4. The Hall–Kier alpha value is -4.45. The number of carbonyl (C=O) groups is 5. The maximum atomic E-state index is 14.3. The second-order valence-electron chi connectivity index (χ2n) is 14.5. The van der Waals surface area contributed by atoms with E-state index in [1.165, 1.54) is 29.0 Å². The fraction of sp³-hybridized carbons (Fsp3) is 0.553. The Morgan fingerprint density at radius 3 is 1.64 bits per heavy atom. The Morgan fingerprint density at radius 1 is 0.640 bits per heavy atom. The second kappa shape index (κ2) is 19.7. The molecule has 276 valence electrons. The highest BCUT2D eigenvalue weighted by Crippen LogP contribution is 2.20. The summed E-state index contributed by atoms with van der Waals surface area (Å²) in [7, 11) is 3.08. The maximum Gasteiger partial charge on any atom is 0.245 e. The minimum Gasteiger partial charge on any atom is -0.508 e. The van der Waals surface area contributed by atoms with Crippen LogP contribution < -0.4 is 22.1 Å². The van der Waals surface area contributed by atoms with Gasteiger partial charge in [0, 0.05) is 20.5 Å². The Bertz CT molecular complexity index is 1410. The van der Waals surface area contributed by atoms with Crippen LogP contribution in [0.15, 0.2) is 54.6 Å². The van der Waals surface area contributed by atoms with Crippen LogP contribution in [0.5, 0.6) is 5.75 Å². The fourth-order valence-electron chi connectivity index (χ4n) is 5.85. The van der Waals surface area contributed by atoms with Gasteiger partial charge in [-0.3, -0.25) is 24.0 Å². The van der Waals surface area contributed by atoms with E-state index < -0.39 is 59.7 Å². The molecule has 5 amide bonds. The first kappa shape index (κ1) is 41.7. The lowest BCUT2D eigenvalue weighted by Gasteiger charge is -2.37. The van der Waals surface area contributed by atoms with Crippen molar-refractivity contribution in [3.8, 4) is 5.75 Å². The van der Waals surface area contributed by atoms with Gasteiger partial charge in [0.2, 0.25) is 29.5 Å². The molecule has 0 saturated carbocycles. The van der Waals surface area contributed by atoms with Crippen LogP contribution >= 0.6 is 0 Å². The molecule has 5 atom stereocenters. The Morgan fingerprint density at radius 2 is 1.12 bits per heavy atom. The zero-order valence-corrected chi connectivity index (χ0v) is 30.9. The van der Waals surface area contributed by atoms with Gasteiger partial charge in [0.05, 0.1) is 6.04 Å². The number of hydrogen-bond donors (Lipinski definition) is 5. The minimum absolute atomic E-state index is 0.00525. The molecule has 0 heterocycles. The summed E-state index contributed by atoms with van der Waals surface area (Å²) in [5, 5.41) is 15.2. The quantitative estimate of drug-likeness (QED) is 0.150. The average molecular weight is 695 g/mol. The molecule has 12 nitrogen and oxygen atoms in total. The van der Waals surface area contributed by atoms with Crippen LogP contribution in [-0.2, 0) is 36.8 Å². The summed E-state index contributed by atoms with van der Waals surface area (Å²) in [6.45, 7) is 11.6. The van der Waals surface area contributed by atoms with Crippen LogP contribution in [-0.4, -0.2) is 88.7 Å². The highest BCUT2D eigenvalue weighted by Gasteiger charge is 2.38. The molecule has 0 saturated heterocycles. The molecule has 0 radical (unpaired) electrons. The fourth-order valence-corrected chi connectivity index (χ4v) is 5.85. The topological polar surface area (TPSA) is 188 Å². The minimum atomic E-state index is -1.06. The number of rotatable bonds is 19. The average Bonchev–Trinajstić information content (AvgIpc) is 3.05. The van der Waals surface area contributed by atoms with E-state index in [2.05, 4.69) is 10.6 Å². The Kier molecular flexibility index (Phi) is 16.4. The van der Waals surface area contributed by atoms with Crippen molar-refractivity contribution in [3.05, 3.63) is 65.7 Å². The van der Waals surface area contributed by atoms with Crippen molar-refractivity contribution >= 4 is 29.5 Å². The molecule has 50 heavy (non-hydrogen) atoms. The first-order chi connectivity index (χ1) is 23.4. The van der Waals surface area contributed by atoms with Crippen molar-refractivity contribution in [3.63, 3.8) is 0 Å². The number of carbonyl (C=O) groups excluding carboxylic acids is 5. The van der Waals surface area contributed by atoms with Gasteiger partial charge in [-0.25, -0.2) is 0 Å². The number of phenolic OH excluding ortho intramolecular Hbond substituents is 1. The zero-order valence-electron chi connectivity index (χ0n) is 30.9. The van der Waals surface area contributed by atoms with E-state index in [0.29, 0.717) is 12.8 Å². The van der Waals surface area contributed by atoms with Gasteiger partial charge in [-0.15, -0.1) is 0 Å². The standard InChI is InChI=1S/C38H58N6O6/c1-23(2)18-30(34(40)46)41-35(47)31(22-26-12-10-9-11-13-26)42-36(48)32(19-24(3)4)43(7)38(50)33(20-25(5)6)44(8)37(49)29(39)21-27-14-16-28(45)17-15-27/h9-17,23-25,29-33,45H,18-22,39H2,1-8H3,(H2,40,46)(H,41,47)(H,42,48)/t29-,30-,31-,32-,33-/m0/s1. The molecule has 0 aliphatic rings.